The maximum atomic E-state index is 12.2. The molecule has 0 bridgehead atoms. The van der Waals surface area contributed by atoms with Crippen molar-refractivity contribution in [1.29, 1.82) is 0 Å². The van der Waals surface area contributed by atoms with E-state index in [1.807, 2.05) is 18.2 Å². The van der Waals surface area contributed by atoms with Crippen molar-refractivity contribution >= 4 is 11.8 Å². The second-order valence-electron chi connectivity index (χ2n) is 7.87. The second kappa shape index (κ2) is 11.0. The summed E-state index contributed by atoms with van der Waals surface area (Å²) in [6.45, 7) is 3.78. The molecular formula is C22H33N3O4. The highest BCUT2D eigenvalue weighted by Gasteiger charge is 2.20. The van der Waals surface area contributed by atoms with E-state index in [1.54, 1.807) is 7.11 Å². The van der Waals surface area contributed by atoms with Gasteiger partial charge in [0.15, 0.2) is 11.5 Å². The molecule has 1 aliphatic heterocycles. The van der Waals surface area contributed by atoms with Gasteiger partial charge in [-0.2, -0.15) is 0 Å². The normalized spacial score (nSPS) is 18.2. The molecule has 0 radical (unpaired) electrons. The summed E-state index contributed by atoms with van der Waals surface area (Å²) in [6, 6.07) is 5.88. The van der Waals surface area contributed by atoms with Crippen molar-refractivity contribution in [3.8, 4) is 11.5 Å². The van der Waals surface area contributed by atoms with Gasteiger partial charge >= 0.3 is 0 Å². The zero-order valence-corrected chi connectivity index (χ0v) is 17.4. The molecule has 1 aromatic rings. The molecule has 0 spiro atoms. The van der Waals surface area contributed by atoms with Crippen LogP contribution in [0.2, 0.25) is 0 Å². The van der Waals surface area contributed by atoms with Gasteiger partial charge in [0.05, 0.1) is 20.3 Å². The van der Waals surface area contributed by atoms with Gasteiger partial charge < -0.3 is 20.1 Å². The molecule has 7 nitrogen and oxygen atoms in total. The van der Waals surface area contributed by atoms with Crippen molar-refractivity contribution in [2.75, 3.05) is 39.9 Å². The van der Waals surface area contributed by atoms with Crippen LogP contribution in [0.4, 0.5) is 0 Å². The van der Waals surface area contributed by atoms with Crippen molar-refractivity contribution in [3.63, 3.8) is 0 Å². The predicted octanol–water partition coefficient (Wildman–Crippen LogP) is 2.09. The summed E-state index contributed by atoms with van der Waals surface area (Å²) in [7, 11) is 1.63. The Kier molecular flexibility index (Phi) is 8.16. The molecule has 0 aromatic heterocycles. The first-order valence-corrected chi connectivity index (χ1v) is 10.7. The third kappa shape index (κ3) is 6.63. The highest BCUT2D eigenvalue weighted by molar-refractivity contribution is 5.79. The van der Waals surface area contributed by atoms with E-state index in [1.165, 1.54) is 19.3 Å². The molecule has 29 heavy (non-hydrogen) atoms. The summed E-state index contributed by atoms with van der Waals surface area (Å²) in [4.78, 5) is 25.9. The number of carbonyl (C=O) groups excluding carboxylic acids is 2. The number of benzene rings is 1. The van der Waals surface area contributed by atoms with Crippen molar-refractivity contribution in [1.82, 2.24) is 15.5 Å². The largest absolute Gasteiger partial charge is 0.493 e. The lowest BCUT2D eigenvalue weighted by Gasteiger charge is -2.26. The lowest BCUT2D eigenvalue weighted by Crippen LogP contribution is -2.47. The second-order valence-corrected chi connectivity index (χ2v) is 7.87. The summed E-state index contributed by atoms with van der Waals surface area (Å²) in [6.07, 6.45) is 6.37. The van der Waals surface area contributed by atoms with Crippen molar-refractivity contribution < 1.29 is 19.1 Å². The number of piperazine rings is 1. The first-order chi connectivity index (χ1) is 14.2. The lowest BCUT2D eigenvalue weighted by molar-refractivity contribution is -0.126. The molecule has 1 saturated carbocycles. The number of nitrogens with zero attached hydrogens (tertiary/aromatic N) is 1. The number of hydrogen-bond donors (Lipinski definition) is 2. The van der Waals surface area contributed by atoms with Crippen molar-refractivity contribution in [2.45, 2.75) is 45.1 Å². The van der Waals surface area contributed by atoms with Crippen LogP contribution in [0.25, 0.3) is 0 Å². The molecule has 1 saturated heterocycles. The van der Waals surface area contributed by atoms with E-state index < -0.39 is 0 Å². The molecule has 2 aliphatic rings. The smallest absolute Gasteiger partial charge is 0.234 e. The highest BCUT2D eigenvalue weighted by atomic mass is 16.5. The van der Waals surface area contributed by atoms with Crippen LogP contribution in [0.3, 0.4) is 0 Å². The van der Waals surface area contributed by atoms with Gasteiger partial charge in [-0.1, -0.05) is 25.3 Å². The minimum atomic E-state index is 0.0662. The van der Waals surface area contributed by atoms with Crippen LogP contribution in [0.15, 0.2) is 18.2 Å². The highest BCUT2D eigenvalue weighted by Crippen LogP contribution is 2.29. The van der Waals surface area contributed by atoms with E-state index in [-0.39, 0.29) is 17.7 Å². The molecule has 1 aliphatic carbocycles. The Labute approximate surface area is 173 Å². The van der Waals surface area contributed by atoms with Gasteiger partial charge in [0.1, 0.15) is 0 Å². The number of carbonyl (C=O) groups is 2. The number of rotatable bonds is 9. The molecule has 1 aromatic carbocycles. The van der Waals surface area contributed by atoms with Crippen molar-refractivity contribution in [3.05, 3.63) is 23.8 Å². The van der Waals surface area contributed by atoms with Crippen LogP contribution in [-0.4, -0.2) is 56.6 Å². The number of methoxy groups -OCH3 is 1. The maximum absolute atomic E-state index is 12.2. The standard InChI is InChI=1S/C22H33N3O4/c1-28-19-9-8-17(15-25-12-11-23-21(26)16-25)14-20(19)29-13-5-10-24-22(27)18-6-3-2-4-7-18/h8-9,14,18H,2-7,10-13,15-16H2,1H3,(H,23,26)(H,24,27). The Morgan fingerprint density at radius 3 is 2.83 bits per heavy atom. The summed E-state index contributed by atoms with van der Waals surface area (Å²) in [5, 5.41) is 5.88. The van der Waals surface area contributed by atoms with E-state index in [0.717, 1.165) is 31.4 Å². The van der Waals surface area contributed by atoms with Crippen LogP contribution in [-0.2, 0) is 16.1 Å². The summed E-state index contributed by atoms with van der Waals surface area (Å²) in [5.41, 5.74) is 1.08. The quantitative estimate of drug-likeness (QED) is 0.617. The Morgan fingerprint density at radius 1 is 1.24 bits per heavy atom. The molecule has 2 N–H and O–H groups in total. The Hall–Kier alpha value is -2.28. The fourth-order valence-corrected chi connectivity index (χ4v) is 3.99. The monoisotopic (exact) mass is 403 g/mol. The number of hydrogen-bond acceptors (Lipinski definition) is 5. The minimum absolute atomic E-state index is 0.0662. The number of amides is 2. The van der Waals surface area contributed by atoms with Crippen LogP contribution >= 0.6 is 0 Å². The van der Waals surface area contributed by atoms with Crippen LogP contribution in [0.1, 0.15) is 44.1 Å². The first-order valence-electron chi connectivity index (χ1n) is 10.7. The van der Waals surface area contributed by atoms with E-state index in [0.29, 0.717) is 44.3 Å². The first kappa shape index (κ1) is 21.4. The van der Waals surface area contributed by atoms with Crippen LogP contribution < -0.4 is 20.1 Å². The van der Waals surface area contributed by atoms with Gasteiger partial charge in [-0.15, -0.1) is 0 Å². The Bertz CT molecular complexity index is 689. The average molecular weight is 404 g/mol. The summed E-state index contributed by atoms with van der Waals surface area (Å²) >= 11 is 0. The summed E-state index contributed by atoms with van der Waals surface area (Å²) in [5.74, 6) is 1.84. The van der Waals surface area contributed by atoms with Gasteiger partial charge in [-0.05, 0) is 37.0 Å². The van der Waals surface area contributed by atoms with E-state index in [4.69, 9.17) is 9.47 Å². The van der Waals surface area contributed by atoms with Crippen LogP contribution in [0.5, 0.6) is 11.5 Å². The van der Waals surface area contributed by atoms with Gasteiger partial charge in [-0.3, -0.25) is 14.5 Å². The molecule has 7 heteroatoms. The minimum Gasteiger partial charge on any atom is -0.493 e. The average Bonchev–Trinajstić information content (AvgIpc) is 2.74. The van der Waals surface area contributed by atoms with Gasteiger partial charge in [0.25, 0.3) is 0 Å². The third-order valence-corrected chi connectivity index (χ3v) is 5.61. The zero-order valence-electron chi connectivity index (χ0n) is 17.4. The van der Waals surface area contributed by atoms with E-state index >= 15 is 0 Å². The molecule has 0 unspecified atom stereocenters. The van der Waals surface area contributed by atoms with Gasteiger partial charge in [-0.25, -0.2) is 0 Å². The fraction of sp³-hybridized carbons (Fsp3) is 0.636. The lowest BCUT2D eigenvalue weighted by atomic mass is 9.89. The Balaban J connectivity index is 1.44. The van der Waals surface area contributed by atoms with E-state index in [9.17, 15) is 9.59 Å². The zero-order chi connectivity index (χ0) is 20.5. The topological polar surface area (TPSA) is 79.9 Å². The van der Waals surface area contributed by atoms with Crippen molar-refractivity contribution in [2.24, 2.45) is 5.92 Å². The van der Waals surface area contributed by atoms with E-state index in [2.05, 4.69) is 15.5 Å². The fourth-order valence-electron chi connectivity index (χ4n) is 3.99. The maximum Gasteiger partial charge on any atom is 0.234 e. The number of nitrogens with one attached hydrogen (secondary N) is 2. The predicted molar refractivity (Wildman–Crippen MR) is 111 cm³/mol. The molecule has 1 heterocycles. The Morgan fingerprint density at radius 2 is 2.07 bits per heavy atom. The third-order valence-electron chi connectivity index (χ3n) is 5.61. The molecule has 2 fully saturated rings. The summed E-state index contributed by atoms with van der Waals surface area (Å²) < 4.78 is 11.3. The van der Waals surface area contributed by atoms with Gasteiger partial charge in [0.2, 0.25) is 11.8 Å². The molecule has 160 valence electrons. The van der Waals surface area contributed by atoms with Gasteiger partial charge in [0, 0.05) is 32.1 Å². The molecule has 0 atom stereocenters. The number of ether oxygens (including phenoxy) is 2. The molecular weight excluding hydrogens is 370 g/mol. The van der Waals surface area contributed by atoms with Crippen LogP contribution in [0, 0.1) is 5.92 Å². The molecule has 2 amide bonds. The molecule has 3 rings (SSSR count). The SMILES string of the molecule is COc1ccc(CN2CCNC(=O)C2)cc1OCCCNC(=O)C1CCCCC1.